The summed E-state index contributed by atoms with van der Waals surface area (Å²) in [4.78, 5) is 16.5. The highest BCUT2D eigenvalue weighted by Crippen LogP contribution is 2.10. The fourth-order valence-electron chi connectivity index (χ4n) is 2.13. The van der Waals surface area contributed by atoms with Crippen LogP contribution < -0.4 is 10.9 Å². The van der Waals surface area contributed by atoms with Crippen molar-refractivity contribution in [3.8, 4) is 0 Å². The lowest BCUT2D eigenvalue weighted by atomic mass is 10.1. The van der Waals surface area contributed by atoms with Gasteiger partial charge in [0.15, 0.2) is 5.82 Å². The van der Waals surface area contributed by atoms with Gasteiger partial charge in [-0.15, -0.1) is 0 Å². The van der Waals surface area contributed by atoms with E-state index >= 15 is 0 Å². The van der Waals surface area contributed by atoms with Gasteiger partial charge in [0.1, 0.15) is 0 Å². The first-order valence-corrected chi connectivity index (χ1v) is 7.83. The molecule has 5 heteroatoms. The summed E-state index contributed by atoms with van der Waals surface area (Å²) in [5.41, 5.74) is 1.24. The topological polar surface area (TPSA) is 46.9 Å². The van der Waals surface area contributed by atoms with Crippen molar-refractivity contribution < 1.29 is 0 Å². The molecule has 0 aromatic carbocycles. The van der Waals surface area contributed by atoms with E-state index in [2.05, 4.69) is 47.9 Å². The van der Waals surface area contributed by atoms with Gasteiger partial charge in [0.05, 0.1) is 0 Å². The first-order valence-electron chi connectivity index (χ1n) is 6.89. The van der Waals surface area contributed by atoms with E-state index in [0.717, 1.165) is 13.0 Å². The summed E-state index contributed by atoms with van der Waals surface area (Å²) in [5.74, 6) is 0.877. The maximum Gasteiger partial charge on any atom is 0.293 e. The van der Waals surface area contributed by atoms with Gasteiger partial charge in [-0.3, -0.25) is 4.79 Å². The molecule has 2 rings (SSSR count). The van der Waals surface area contributed by atoms with E-state index < -0.39 is 0 Å². The summed E-state index contributed by atoms with van der Waals surface area (Å²) in [6.07, 6.45) is 4.32. The van der Waals surface area contributed by atoms with E-state index in [1.807, 2.05) is 0 Å². The van der Waals surface area contributed by atoms with Gasteiger partial charge in [-0.05, 0) is 41.7 Å². The third-order valence-electron chi connectivity index (χ3n) is 2.98. The van der Waals surface area contributed by atoms with Crippen molar-refractivity contribution >= 4 is 17.2 Å². The first-order chi connectivity index (χ1) is 9.56. The molecule has 0 aliphatic heterocycles. The van der Waals surface area contributed by atoms with Crippen LogP contribution in [0.4, 0.5) is 5.82 Å². The van der Waals surface area contributed by atoms with Crippen LogP contribution in [0.25, 0.3) is 0 Å². The quantitative estimate of drug-likeness (QED) is 0.890. The molecule has 0 bridgehead atoms. The first kappa shape index (κ1) is 14.8. The summed E-state index contributed by atoms with van der Waals surface area (Å²) >= 11 is 1.69. The maximum atomic E-state index is 12.3. The number of hydrogen-bond acceptors (Lipinski definition) is 4. The van der Waals surface area contributed by atoms with Gasteiger partial charge in [0, 0.05) is 25.0 Å². The Balaban J connectivity index is 2.07. The monoisotopic (exact) mass is 291 g/mol. The summed E-state index contributed by atoms with van der Waals surface area (Å²) < 4.78 is 1.72. The van der Waals surface area contributed by atoms with E-state index in [0.29, 0.717) is 11.7 Å². The molecule has 1 unspecified atom stereocenters. The van der Waals surface area contributed by atoms with Crippen LogP contribution >= 0.6 is 11.3 Å². The molecule has 0 radical (unpaired) electrons. The van der Waals surface area contributed by atoms with Crippen molar-refractivity contribution in [1.82, 2.24) is 9.55 Å². The third kappa shape index (κ3) is 3.93. The standard InChI is InChI=1S/C15H21N3OS/c1-11(2)9-18-6-5-16-14(15(18)19)17-12(3)8-13-4-7-20-10-13/h4-7,10-12H,8-9H2,1-3H3,(H,16,17). The summed E-state index contributed by atoms with van der Waals surface area (Å²) in [6.45, 7) is 6.98. The third-order valence-corrected chi connectivity index (χ3v) is 3.71. The van der Waals surface area contributed by atoms with Crippen molar-refractivity contribution in [2.45, 2.75) is 39.8 Å². The van der Waals surface area contributed by atoms with Crippen molar-refractivity contribution in [2.24, 2.45) is 5.92 Å². The second kappa shape index (κ2) is 6.70. The normalized spacial score (nSPS) is 12.6. The fourth-order valence-corrected chi connectivity index (χ4v) is 2.81. The zero-order chi connectivity index (χ0) is 14.5. The minimum absolute atomic E-state index is 0.0432. The fraction of sp³-hybridized carbons (Fsp3) is 0.467. The number of anilines is 1. The summed E-state index contributed by atoms with van der Waals surface area (Å²) in [6, 6.07) is 2.29. The highest BCUT2D eigenvalue weighted by Gasteiger charge is 2.10. The lowest BCUT2D eigenvalue weighted by Gasteiger charge is -2.15. The number of thiophene rings is 1. The molecule has 0 amide bonds. The van der Waals surface area contributed by atoms with Gasteiger partial charge in [-0.1, -0.05) is 13.8 Å². The largest absolute Gasteiger partial charge is 0.363 e. The van der Waals surface area contributed by atoms with E-state index in [1.165, 1.54) is 5.56 Å². The maximum absolute atomic E-state index is 12.3. The molecule has 2 aromatic heterocycles. The number of nitrogens with one attached hydrogen (secondary N) is 1. The van der Waals surface area contributed by atoms with E-state index in [4.69, 9.17) is 0 Å². The van der Waals surface area contributed by atoms with Crippen molar-refractivity contribution in [3.63, 3.8) is 0 Å². The van der Waals surface area contributed by atoms with Crippen molar-refractivity contribution in [3.05, 3.63) is 45.1 Å². The Kier molecular flexibility index (Phi) is 4.95. The second-order valence-electron chi connectivity index (χ2n) is 5.51. The summed E-state index contributed by atoms with van der Waals surface area (Å²) in [5, 5.41) is 7.42. The zero-order valence-electron chi connectivity index (χ0n) is 12.2. The molecule has 0 spiro atoms. The Morgan fingerprint density at radius 3 is 2.85 bits per heavy atom. The number of nitrogens with zero attached hydrogens (tertiary/aromatic N) is 2. The van der Waals surface area contributed by atoms with Crippen LogP contribution in [0.3, 0.4) is 0 Å². The number of rotatable bonds is 6. The molecule has 4 nitrogen and oxygen atoms in total. The Bertz CT molecular complexity index is 589. The molecule has 0 saturated carbocycles. The minimum Gasteiger partial charge on any atom is -0.363 e. The number of hydrogen-bond donors (Lipinski definition) is 1. The molecule has 0 aliphatic rings. The SMILES string of the molecule is CC(C)Cn1ccnc(NC(C)Cc2ccsc2)c1=O. The number of aromatic nitrogens is 2. The predicted molar refractivity (Wildman–Crippen MR) is 84.4 cm³/mol. The molecule has 0 aliphatic carbocycles. The van der Waals surface area contributed by atoms with Crippen LogP contribution in [-0.2, 0) is 13.0 Å². The van der Waals surface area contributed by atoms with E-state index in [-0.39, 0.29) is 11.6 Å². The average Bonchev–Trinajstić information content (AvgIpc) is 2.86. The molecule has 0 fully saturated rings. The minimum atomic E-state index is -0.0432. The molecular formula is C15H21N3OS. The highest BCUT2D eigenvalue weighted by atomic mass is 32.1. The van der Waals surface area contributed by atoms with Crippen molar-refractivity contribution in [1.29, 1.82) is 0 Å². The Hall–Kier alpha value is -1.62. The van der Waals surface area contributed by atoms with Crippen LogP contribution in [0.5, 0.6) is 0 Å². The molecule has 0 saturated heterocycles. The summed E-state index contributed by atoms with van der Waals surface area (Å²) in [7, 11) is 0. The van der Waals surface area contributed by atoms with Gasteiger partial charge in [-0.25, -0.2) is 4.98 Å². The predicted octanol–water partition coefficient (Wildman–Crippen LogP) is 3.00. The molecule has 2 heterocycles. The molecule has 1 atom stereocenters. The Morgan fingerprint density at radius 1 is 1.40 bits per heavy atom. The molecular weight excluding hydrogens is 270 g/mol. The van der Waals surface area contributed by atoms with Gasteiger partial charge in [0.25, 0.3) is 5.56 Å². The molecule has 1 N–H and O–H groups in total. The van der Waals surface area contributed by atoms with Gasteiger partial charge in [0.2, 0.25) is 0 Å². The molecule has 108 valence electrons. The van der Waals surface area contributed by atoms with Crippen LogP contribution in [0.1, 0.15) is 26.3 Å². The van der Waals surface area contributed by atoms with Crippen LogP contribution in [0, 0.1) is 5.92 Å². The second-order valence-corrected chi connectivity index (χ2v) is 6.29. The lowest BCUT2D eigenvalue weighted by molar-refractivity contribution is 0.509. The van der Waals surface area contributed by atoms with Crippen LogP contribution in [0.15, 0.2) is 34.0 Å². The smallest absolute Gasteiger partial charge is 0.293 e. The lowest BCUT2D eigenvalue weighted by Crippen LogP contribution is -2.29. The zero-order valence-corrected chi connectivity index (χ0v) is 13.0. The molecule has 2 aromatic rings. The van der Waals surface area contributed by atoms with Crippen LogP contribution in [0.2, 0.25) is 0 Å². The van der Waals surface area contributed by atoms with Gasteiger partial charge < -0.3 is 9.88 Å². The van der Waals surface area contributed by atoms with E-state index in [1.54, 1.807) is 28.3 Å². The van der Waals surface area contributed by atoms with Gasteiger partial charge >= 0.3 is 0 Å². The van der Waals surface area contributed by atoms with E-state index in [9.17, 15) is 4.79 Å². The van der Waals surface area contributed by atoms with Gasteiger partial charge in [-0.2, -0.15) is 11.3 Å². The van der Waals surface area contributed by atoms with Crippen molar-refractivity contribution in [2.75, 3.05) is 5.32 Å². The Morgan fingerprint density at radius 2 is 2.20 bits per heavy atom. The molecule has 20 heavy (non-hydrogen) atoms. The average molecular weight is 291 g/mol. The highest BCUT2D eigenvalue weighted by molar-refractivity contribution is 7.07. The van der Waals surface area contributed by atoms with Crippen LogP contribution in [-0.4, -0.2) is 15.6 Å². The Labute approximate surface area is 123 Å².